The third-order valence-electron chi connectivity index (χ3n) is 3.21. The molecular formula is C11H22N2O2. The van der Waals surface area contributed by atoms with E-state index in [4.69, 9.17) is 10.5 Å². The Morgan fingerprint density at radius 3 is 2.80 bits per heavy atom. The van der Waals surface area contributed by atoms with E-state index < -0.39 is 5.41 Å². The fraction of sp³-hybridized carbons (Fsp3) is 0.909. The molecule has 0 aromatic heterocycles. The summed E-state index contributed by atoms with van der Waals surface area (Å²) in [5.74, 6) is 0.304. The Morgan fingerprint density at radius 2 is 2.33 bits per heavy atom. The molecule has 4 heteroatoms. The monoisotopic (exact) mass is 214 g/mol. The molecule has 2 unspecified atom stereocenters. The molecule has 1 aliphatic heterocycles. The number of primary amides is 1. The van der Waals surface area contributed by atoms with Crippen molar-refractivity contribution in [2.24, 2.45) is 17.1 Å². The number of amides is 1. The Hall–Kier alpha value is -0.610. The van der Waals surface area contributed by atoms with Crippen molar-refractivity contribution in [1.82, 2.24) is 5.32 Å². The van der Waals surface area contributed by atoms with Gasteiger partial charge in [0.2, 0.25) is 5.91 Å². The molecule has 1 rings (SSSR count). The van der Waals surface area contributed by atoms with E-state index in [1.54, 1.807) is 0 Å². The van der Waals surface area contributed by atoms with Gasteiger partial charge in [-0.25, -0.2) is 0 Å². The predicted octanol–water partition coefficient (Wildman–Crippen LogP) is 0.513. The smallest absolute Gasteiger partial charge is 0.224 e. The maximum Gasteiger partial charge on any atom is 0.224 e. The van der Waals surface area contributed by atoms with Crippen molar-refractivity contribution in [3.8, 4) is 0 Å². The number of nitrogens with two attached hydrogens (primary N) is 1. The van der Waals surface area contributed by atoms with Crippen molar-refractivity contribution in [3.63, 3.8) is 0 Å². The van der Waals surface area contributed by atoms with Crippen LogP contribution in [-0.4, -0.2) is 31.7 Å². The number of hydrogen-bond donors (Lipinski definition) is 2. The van der Waals surface area contributed by atoms with Crippen LogP contribution in [0.4, 0.5) is 0 Å². The number of hydrogen-bond acceptors (Lipinski definition) is 3. The fourth-order valence-corrected chi connectivity index (χ4v) is 1.62. The fourth-order valence-electron chi connectivity index (χ4n) is 1.62. The van der Waals surface area contributed by atoms with Crippen LogP contribution in [-0.2, 0) is 9.53 Å². The van der Waals surface area contributed by atoms with Gasteiger partial charge in [-0.15, -0.1) is 0 Å². The summed E-state index contributed by atoms with van der Waals surface area (Å²) < 4.78 is 5.33. The molecule has 1 heterocycles. The molecule has 0 aromatic carbocycles. The van der Waals surface area contributed by atoms with Crippen molar-refractivity contribution in [3.05, 3.63) is 0 Å². The molecule has 0 aromatic rings. The SMILES string of the molecule is CC(NCC(C)(C)C(N)=O)C1CCOC1. The molecule has 0 spiro atoms. The largest absolute Gasteiger partial charge is 0.381 e. The molecule has 1 saturated heterocycles. The summed E-state index contributed by atoms with van der Waals surface area (Å²) in [4.78, 5) is 11.1. The minimum atomic E-state index is -0.478. The minimum absolute atomic E-state index is 0.259. The van der Waals surface area contributed by atoms with Crippen LogP contribution in [0.3, 0.4) is 0 Å². The molecule has 0 bridgehead atoms. The standard InChI is InChI=1S/C11H22N2O2/c1-8(9-4-5-15-6-9)13-7-11(2,3)10(12)14/h8-9,13H,4-7H2,1-3H3,(H2,12,14). The minimum Gasteiger partial charge on any atom is -0.381 e. The van der Waals surface area contributed by atoms with Gasteiger partial charge in [0.05, 0.1) is 12.0 Å². The summed E-state index contributed by atoms with van der Waals surface area (Å²) in [7, 11) is 0. The molecule has 3 N–H and O–H groups in total. The van der Waals surface area contributed by atoms with Crippen LogP contribution in [0.2, 0.25) is 0 Å². The van der Waals surface area contributed by atoms with Gasteiger partial charge in [-0.3, -0.25) is 4.79 Å². The maximum atomic E-state index is 11.1. The Kier molecular flexibility index (Phi) is 4.11. The summed E-state index contributed by atoms with van der Waals surface area (Å²) in [6.45, 7) is 8.16. The average Bonchev–Trinajstić information content (AvgIpc) is 2.66. The molecular weight excluding hydrogens is 192 g/mol. The Labute approximate surface area is 91.5 Å². The number of ether oxygens (including phenoxy) is 1. The van der Waals surface area contributed by atoms with Gasteiger partial charge in [0.1, 0.15) is 0 Å². The number of nitrogens with one attached hydrogen (secondary N) is 1. The van der Waals surface area contributed by atoms with Gasteiger partial charge in [0, 0.05) is 19.2 Å². The summed E-state index contributed by atoms with van der Waals surface area (Å²) in [6, 6.07) is 0.381. The summed E-state index contributed by atoms with van der Waals surface area (Å²) in [5.41, 5.74) is 4.83. The highest BCUT2D eigenvalue weighted by atomic mass is 16.5. The Morgan fingerprint density at radius 1 is 1.67 bits per heavy atom. The van der Waals surface area contributed by atoms with Gasteiger partial charge in [-0.1, -0.05) is 0 Å². The molecule has 1 amide bonds. The summed E-state index contributed by atoms with van der Waals surface area (Å²) in [6.07, 6.45) is 1.10. The number of carbonyl (C=O) groups excluding carboxylic acids is 1. The zero-order valence-electron chi connectivity index (χ0n) is 9.88. The molecule has 2 atom stereocenters. The van der Waals surface area contributed by atoms with Crippen LogP contribution in [0.5, 0.6) is 0 Å². The van der Waals surface area contributed by atoms with Gasteiger partial charge in [-0.05, 0) is 33.1 Å². The van der Waals surface area contributed by atoms with Crippen LogP contribution in [0.25, 0.3) is 0 Å². The molecule has 0 aliphatic carbocycles. The lowest BCUT2D eigenvalue weighted by Gasteiger charge is -2.26. The second kappa shape index (κ2) is 4.94. The Bertz CT molecular complexity index is 223. The van der Waals surface area contributed by atoms with Crippen molar-refractivity contribution in [2.75, 3.05) is 19.8 Å². The molecule has 88 valence electrons. The summed E-state index contributed by atoms with van der Waals surface area (Å²) >= 11 is 0. The van der Waals surface area contributed by atoms with Crippen molar-refractivity contribution in [1.29, 1.82) is 0 Å². The van der Waals surface area contributed by atoms with Crippen LogP contribution in [0.15, 0.2) is 0 Å². The van der Waals surface area contributed by atoms with E-state index in [-0.39, 0.29) is 5.91 Å². The van der Waals surface area contributed by atoms with E-state index in [9.17, 15) is 4.79 Å². The first-order chi connectivity index (χ1) is 6.93. The van der Waals surface area contributed by atoms with Crippen molar-refractivity contribution < 1.29 is 9.53 Å². The lowest BCUT2D eigenvalue weighted by Crippen LogP contribution is -2.45. The molecule has 4 nitrogen and oxygen atoms in total. The normalized spacial score (nSPS) is 24.1. The maximum absolute atomic E-state index is 11.1. The van der Waals surface area contributed by atoms with E-state index in [0.29, 0.717) is 18.5 Å². The van der Waals surface area contributed by atoms with Crippen LogP contribution >= 0.6 is 0 Å². The van der Waals surface area contributed by atoms with Crippen molar-refractivity contribution in [2.45, 2.75) is 33.2 Å². The third kappa shape index (κ3) is 3.47. The van der Waals surface area contributed by atoms with Crippen LogP contribution in [0.1, 0.15) is 27.2 Å². The van der Waals surface area contributed by atoms with E-state index in [0.717, 1.165) is 19.6 Å². The van der Waals surface area contributed by atoms with Gasteiger partial charge in [0.15, 0.2) is 0 Å². The topological polar surface area (TPSA) is 64.3 Å². The average molecular weight is 214 g/mol. The van der Waals surface area contributed by atoms with Gasteiger partial charge in [-0.2, -0.15) is 0 Å². The second-order valence-electron chi connectivity index (χ2n) is 5.04. The highest BCUT2D eigenvalue weighted by Crippen LogP contribution is 2.18. The van der Waals surface area contributed by atoms with E-state index in [2.05, 4.69) is 12.2 Å². The van der Waals surface area contributed by atoms with E-state index in [1.807, 2.05) is 13.8 Å². The molecule has 0 saturated carbocycles. The first-order valence-electron chi connectivity index (χ1n) is 5.54. The molecule has 1 fully saturated rings. The van der Waals surface area contributed by atoms with Gasteiger partial charge < -0.3 is 15.8 Å². The molecule has 15 heavy (non-hydrogen) atoms. The first-order valence-corrected chi connectivity index (χ1v) is 5.54. The summed E-state index contributed by atoms with van der Waals surface area (Å²) in [5, 5.41) is 3.37. The van der Waals surface area contributed by atoms with Gasteiger partial charge in [0.25, 0.3) is 0 Å². The Balaban J connectivity index is 2.32. The quantitative estimate of drug-likeness (QED) is 0.701. The highest BCUT2D eigenvalue weighted by molar-refractivity contribution is 5.80. The van der Waals surface area contributed by atoms with Crippen LogP contribution < -0.4 is 11.1 Å². The van der Waals surface area contributed by atoms with E-state index >= 15 is 0 Å². The third-order valence-corrected chi connectivity index (χ3v) is 3.21. The zero-order chi connectivity index (χ0) is 11.5. The first kappa shape index (κ1) is 12.5. The lowest BCUT2D eigenvalue weighted by molar-refractivity contribution is -0.125. The lowest BCUT2D eigenvalue weighted by atomic mass is 9.91. The molecule has 1 aliphatic rings. The number of rotatable bonds is 5. The second-order valence-corrected chi connectivity index (χ2v) is 5.04. The zero-order valence-corrected chi connectivity index (χ0v) is 9.88. The van der Waals surface area contributed by atoms with E-state index in [1.165, 1.54) is 0 Å². The highest BCUT2D eigenvalue weighted by Gasteiger charge is 2.28. The molecule has 0 radical (unpaired) electrons. The predicted molar refractivity (Wildman–Crippen MR) is 59.4 cm³/mol. The van der Waals surface area contributed by atoms with Crippen LogP contribution in [0, 0.1) is 11.3 Å². The van der Waals surface area contributed by atoms with Crippen molar-refractivity contribution >= 4 is 5.91 Å². The number of carbonyl (C=O) groups is 1. The van der Waals surface area contributed by atoms with Gasteiger partial charge >= 0.3 is 0 Å².